The normalized spacial score (nSPS) is 10.5. The maximum atomic E-state index is 10.4. The molecule has 0 aliphatic rings. The van der Waals surface area contributed by atoms with Crippen molar-refractivity contribution < 1.29 is 14.6 Å². The Labute approximate surface area is 124 Å². The minimum Gasteiger partial charge on any atom is -0.493 e. The van der Waals surface area contributed by atoms with Gasteiger partial charge in [-0.05, 0) is 25.0 Å². The first-order valence-electron chi connectivity index (χ1n) is 7.21. The van der Waals surface area contributed by atoms with E-state index in [0.717, 1.165) is 42.8 Å². The quantitative estimate of drug-likeness (QED) is 0.693. The first kappa shape index (κ1) is 15.1. The van der Waals surface area contributed by atoms with E-state index >= 15 is 0 Å². The molecule has 0 unspecified atom stereocenters. The van der Waals surface area contributed by atoms with E-state index in [-0.39, 0.29) is 6.42 Å². The average Bonchev–Trinajstić information content (AvgIpc) is 3.00. The summed E-state index contributed by atoms with van der Waals surface area (Å²) in [5, 5.41) is 8.55. The SMILES string of the molecule is O=C(O)CCCCCCOc1ccccc1-c1ncc[nH]1. The molecule has 0 saturated heterocycles. The maximum absolute atomic E-state index is 10.4. The van der Waals surface area contributed by atoms with Crippen molar-refractivity contribution in [3.8, 4) is 17.1 Å². The molecule has 0 bridgehead atoms. The number of aromatic amines is 1. The zero-order valence-corrected chi connectivity index (χ0v) is 11.9. The van der Waals surface area contributed by atoms with Gasteiger partial charge in [0, 0.05) is 18.8 Å². The number of rotatable bonds is 9. The molecule has 0 radical (unpaired) electrons. The number of unbranched alkanes of at least 4 members (excludes halogenated alkanes) is 3. The lowest BCUT2D eigenvalue weighted by atomic mass is 10.1. The van der Waals surface area contributed by atoms with Gasteiger partial charge < -0.3 is 14.8 Å². The topological polar surface area (TPSA) is 75.2 Å². The number of carboxylic acids is 1. The molecule has 0 saturated carbocycles. The summed E-state index contributed by atoms with van der Waals surface area (Å²) < 4.78 is 5.81. The number of nitrogens with one attached hydrogen (secondary N) is 1. The van der Waals surface area contributed by atoms with Gasteiger partial charge in [-0.3, -0.25) is 4.79 Å². The summed E-state index contributed by atoms with van der Waals surface area (Å²) in [5.74, 6) is 0.892. The summed E-state index contributed by atoms with van der Waals surface area (Å²) in [6, 6.07) is 7.80. The molecule has 2 N–H and O–H groups in total. The molecule has 0 aliphatic heterocycles. The van der Waals surface area contributed by atoms with E-state index < -0.39 is 5.97 Å². The van der Waals surface area contributed by atoms with Crippen molar-refractivity contribution in [3.63, 3.8) is 0 Å². The number of ether oxygens (including phenoxy) is 1. The molecule has 5 heteroatoms. The molecule has 2 rings (SSSR count). The highest BCUT2D eigenvalue weighted by molar-refractivity contribution is 5.66. The Morgan fingerprint density at radius 3 is 2.76 bits per heavy atom. The molecule has 21 heavy (non-hydrogen) atoms. The fourth-order valence-corrected chi connectivity index (χ4v) is 2.11. The Hall–Kier alpha value is -2.30. The molecular formula is C16H20N2O3. The summed E-state index contributed by atoms with van der Waals surface area (Å²) >= 11 is 0. The van der Waals surface area contributed by atoms with Gasteiger partial charge in [-0.25, -0.2) is 4.98 Å². The van der Waals surface area contributed by atoms with Gasteiger partial charge in [0.2, 0.25) is 0 Å². The van der Waals surface area contributed by atoms with E-state index in [2.05, 4.69) is 9.97 Å². The first-order chi connectivity index (χ1) is 10.3. The van der Waals surface area contributed by atoms with Crippen LogP contribution in [0.15, 0.2) is 36.7 Å². The molecule has 2 aromatic rings. The average molecular weight is 288 g/mol. The van der Waals surface area contributed by atoms with Crippen LogP contribution in [0.25, 0.3) is 11.4 Å². The van der Waals surface area contributed by atoms with Crippen molar-refractivity contribution in [3.05, 3.63) is 36.7 Å². The molecule has 112 valence electrons. The number of benzene rings is 1. The highest BCUT2D eigenvalue weighted by Gasteiger charge is 2.07. The molecule has 5 nitrogen and oxygen atoms in total. The van der Waals surface area contributed by atoms with E-state index in [1.807, 2.05) is 24.3 Å². The lowest BCUT2D eigenvalue weighted by Gasteiger charge is -2.09. The second kappa shape index (κ2) is 8.09. The van der Waals surface area contributed by atoms with Crippen LogP contribution in [0.3, 0.4) is 0 Å². The van der Waals surface area contributed by atoms with Crippen molar-refractivity contribution in [1.29, 1.82) is 0 Å². The highest BCUT2D eigenvalue weighted by Crippen LogP contribution is 2.27. The Morgan fingerprint density at radius 2 is 2.00 bits per heavy atom. The second-order valence-electron chi connectivity index (χ2n) is 4.84. The summed E-state index contributed by atoms with van der Waals surface area (Å²) in [7, 11) is 0. The standard InChI is InChI=1S/C16H20N2O3/c19-15(20)9-3-1-2-6-12-21-14-8-5-4-7-13(14)16-17-10-11-18-16/h4-5,7-8,10-11H,1-3,6,9,12H2,(H,17,18)(H,19,20). The Bertz CT molecular complexity index is 552. The molecule has 1 aromatic carbocycles. The predicted molar refractivity (Wildman–Crippen MR) is 80.2 cm³/mol. The van der Waals surface area contributed by atoms with E-state index in [0.29, 0.717) is 6.61 Å². The van der Waals surface area contributed by atoms with Gasteiger partial charge in [-0.15, -0.1) is 0 Å². The van der Waals surface area contributed by atoms with Crippen LogP contribution in [0.4, 0.5) is 0 Å². The Kier molecular flexibility index (Phi) is 5.82. The van der Waals surface area contributed by atoms with E-state index in [1.54, 1.807) is 12.4 Å². The third-order valence-electron chi connectivity index (χ3n) is 3.18. The monoisotopic (exact) mass is 288 g/mol. The zero-order valence-electron chi connectivity index (χ0n) is 11.9. The summed E-state index contributed by atoms with van der Waals surface area (Å²) in [4.78, 5) is 17.7. The van der Waals surface area contributed by atoms with Crippen molar-refractivity contribution in [2.75, 3.05) is 6.61 Å². The number of carbonyl (C=O) groups is 1. The van der Waals surface area contributed by atoms with Crippen LogP contribution in [-0.4, -0.2) is 27.7 Å². The molecule has 0 atom stereocenters. The van der Waals surface area contributed by atoms with Crippen LogP contribution in [0, 0.1) is 0 Å². The van der Waals surface area contributed by atoms with Crippen molar-refractivity contribution >= 4 is 5.97 Å². The third-order valence-corrected chi connectivity index (χ3v) is 3.18. The third kappa shape index (κ3) is 4.95. The Balaban J connectivity index is 1.75. The van der Waals surface area contributed by atoms with Crippen LogP contribution in [0.1, 0.15) is 32.1 Å². The van der Waals surface area contributed by atoms with Crippen molar-refractivity contribution in [2.45, 2.75) is 32.1 Å². The van der Waals surface area contributed by atoms with Gasteiger partial charge in [0.15, 0.2) is 0 Å². The fraction of sp³-hybridized carbons (Fsp3) is 0.375. The number of hydrogen-bond donors (Lipinski definition) is 2. The minimum atomic E-state index is -0.723. The van der Waals surface area contributed by atoms with Gasteiger partial charge in [-0.2, -0.15) is 0 Å². The number of hydrogen-bond acceptors (Lipinski definition) is 3. The number of aromatic nitrogens is 2. The second-order valence-corrected chi connectivity index (χ2v) is 4.84. The Morgan fingerprint density at radius 1 is 1.19 bits per heavy atom. The van der Waals surface area contributed by atoms with Gasteiger partial charge >= 0.3 is 5.97 Å². The molecule has 1 heterocycles. The number of carboxylic acid groups (broad SMARTS) is 1. The first-order valence-corrected chi connectivity index (χ1v) is 7.21. The van der Waals surface area contributed by atoms with Crippen LogP contribution >= 0.6 is 0 Å². The van der Waals surface area contributed by atoms with E-state index in [1.165, 1.54) is 0 Å². The molecule has 1 aromatic heterocycles. The van der Waals surface area contributed by atoms with E-state index in [9.17, 15) is 4.79 Å². The summed E-state index contributed by atoms with van der Waals surface area (Å²) in [6.45, 7) is 0.630. The van der Waals surface area contributed by atoms with Gasteiger partial charge in [0.25, 0.3) is 0 Å². The maximum Gasteiger partial charge on any atom is 0.303 e. The molecule has 0 spiro atoms. The number of para-hydroxylation sites is 1. The minimum absolute atomic E-state index is 0.252. The van der Waals surface area contributed by atoms with Gasteiger partial charge in [0.1, 0.15) is 11.6 Å². The largest absolute Gasteiger partial charge is 0.493 e. The van der Waals surface area contributed by atoms with Crippen molar-refractivity contribution in [2.24, 2.45) is 0 Å². The molecule has 0 aliphatic carbocycles. The van der Waals surface area contributed by atoms with Gasteiger partial charge in [-0.1, -0.05) is 25.0 Å². The van der Waals surface area contributed by atoms with Crippen LogP contribution < -0.4 is 4.74 Å². The smallest absolute Gasteiger partial charge is 0.303 e. The van der Waals surface area contributed by atoms with Crippen LogP contribution in [0.2, 0.25) is 0 Å². The number of nitrogens with zero attached hydrogens (tertiary/aromatic N) is 1. The summed E-state index contributed by atoms with van der Waals surface area (Å²) in [5.41, 5.74) is 0.952. The lowest BCUT2D eigenvalue weighted by Crippen LogP contribution is -2.00. The lowest BCUT2D eigenvalue weighted by molar-refractivity contribution is -0.137. The number of aliphatic carboxylic acids is 1. The van der Waals surface area contributed by atoms with Crippen LogP contribution in [-0.2, 0) is 4.79 Å². The predicted octanol–water partition coefficient (Wildman–Crippen LogP) is 3.49. The summed E-state index contributed by atoms with van der Waals surface area (Å²) in [6.07, 6.45) is 7.32. The number of imidazole rings is 1. The van der Waals surface area contributed by atoms with E-state index in [4.69, 9.17) is 9.84 Å². The molecule has 0 amide bonds. The molecular weight excluding hydrogens is 268 g/mol. The highest BCUT2D eigenvalue weighted by atomic mass is 16.5. The fourth-order valence-electron chi connectivity index (χ4n) is 2.11. The van der Waals surface area contributed by atoms with Crippen LogP contribution in [0.5, 0.6) is 5.75 Å². The number of H-pyrrole nitrogens is 1. The van der Waals surface area contributed by atoms with Crippen molar-refractivity contribution in [1.82, 2.24) is 9.97 Å². The molecule has 0 fully saturated rings. The zero-order chi connectivity index (χ0) is 14.9. The van der Waals surface area contributed by atoms with Gasteiger partial charge in [0.05, 0.1) is 12.2 Å².